The fourth-order valence-corrected chi connectivity index (χ4v) is 4.52. The first kappa shape index (κ1) is 14.9. The molecule has 3 rings (SSSR count). The van der Waals surface area contributed by atoms with Crippen LogP contribution in [0.15, 0.2) is 16.8 Å². The Morgan fingerprint density at radius 2 is 2.38 bits per heavy atom. The molecule has 1 saturated heterocycles. The van der Waals surface area contributed by atoms with Crippen molar-refractivity contribution in [3.05, 3.63) is 22.4 Å². The number of ether oxygens (including phenoxy) is 1. The van der Waals surface area contributed by atoms with Crippen molar-refractivity contribution in [1.29, 1.82) is 0 Å². The molecule has 0 radical (unpaired) electrons. The lowest BCUT2D eigenvalue weighted by atomic mass is 9.57. The first-order valence-electron chi connectivity index (χ1n) is 7.68. The highest BCUT2D eigenvalue weighted by molar-refractivity contribution is 7.07. The summed E-state index contributed by atoms with van der Waals surface area (Å²) in [6, 6.07) is 2.41. The summed E-state index contributed by atoms with van der Waals surface area (Å²) in [5, 5.41) is 10.4. The van der Waals surface area contributed by atoms with E-state index in [0.717, 1.165) is 19.4 Å². The van der Waals surface area contributed by atoms with Gasteiger partial charge in [0.2, 0.25) is 0 Å². The highest BCUT2D eigenvalue weighted by Gasteiger charge is 2.59. The fraction of sp³-hybridized carbons (Fsp3) is 0.688. The lowest BCUT2D eigenvalue weighted by Crippen LogP contribution is -2.68. The van der Waals surface area contributed by atoms with Gasteiger partial charge in [-0.05, 0) is 42.2 Å². The number of rotatable bonds is 4. The number of hydrogen-bond donors (Lipinski definition) is 2. The molecule has 2 amide bonds. The number of thiophene rings is 1. The fourth-order valence-electron chi connectivity index (χ4n) is 3.84. The van der Waals surface area contributed by atoms with E-state index in [4.69, 9.17) is 4.74 Å². The van der Waals surface area contributed by atoms with Crippen molar-refractivity contribution in [2.45, 2.75) is 51.8 Å². The molecule has 4 atom stereocenters. The first-order valence-corrected chi connectivity index (χ1v) is 8.62. The molecule has 0 bridgehead atoms. The predicted molar refractivity (Wildman–Crippen MR) is 84.6 cm³/mol. The summed E-state index contributed by atoms with van der Waals surface area (Å²) in [7, 11) is 0. The third kappa shape index (κ3) is 2.81. The Morgan fingerprint density at radius 3 is 3.10 bits per heavy atom. The molecule has 2 fully saturated rings. The maximum absolute atomic E-state index is 12.2. The van der Waals surface area contributed by atoms with Crippen LogP contribution in [0.1, 0.15) is 32.8 Å². The van der Waals surface area contributed by atoms with Crippen LogP contribution in [0.25, 0.3) is 0 Å². The standard InChI is InChI=1S/C16H24N2O2S/c1-10(8-11-5-7-21-9-11)17-15(19)18-13-12-4-6-20-14(12)16(13,2)3/h5,7,9-10,12-14H,4,6,8H2,1-3H3,(H2,17,18,19)/t10-,12-,13-,14+/m1/s1. The Labute approximate surface area is 130 Å². The summed E-state index contributed by atoms with van der Waals surface area (Å²) in [5.74, 6) is 0.484. The smallest absolute Gasteiger partial charge is 0.315 e. The molecule has 2 aliphatic rings. The van der Waals surface area contributed by atoms with Crippen LogP contribution in [-0.2, 0) is 11.2 Å². The molecule has 0 unspecified atom stereocenters. The van der Waals surface area contributed by atoms with Gasteiger partial charge in [-0.15, -0.1) is 0 Å². The average molecular weight is 308 g/mol. The lowest BCUT2D eigenvalue weighted by molar-refractivity contribution is -0.108. The zero-order valence-electron chi connectivity index (χ0n) is 12.9. The molecular formula is C16H24N2O2S. The molecule has 1 aliphatic heterocycles. The van der Waals surface area contributed by atoms with Gasteiger partial charge in [0.1, 0.15) is 0 Å². The van der Waals surface area contributed by atoms with Crippen molar-refractivity contribution in [3.63, 3.8) is 0 Å². The SMILES string of the molecule is C[C@H](Cc1ccsc1)NC(=O)N[C@@H]1[C@H]2CCO[C@@H]2C1(C)C. The minimum absolute atomic E-state index is 0.0368. The Morgan fingerprint density at radius 1 is 1.57 bits per heavy atom. The minimum Gasteiger partial charge on any atom is -0.377 e. The molecule has 1 saturated carbocycles. The maximum atomic E-state index is 12.2. The number of carbonyl (C=O) groups excluding carboxylic acids is 1. The summed E-state index contributed by atoms with van der Waals surface area (Å²) in [6.45, 7) is 7.23. The molecule has 21 heavy (non-hydrogen) atoms. The van der Waals surface area contributed by atoms with E-state index in [1.807, 2.05) is 6.92 Å². The highest BCUT2D eigenvalue weighted by Crippen LogP contribution is 2.52. The van der Waals surface area contributed by atoms with Gasteiger partial charge in [-0.2, -0.15) is 11.3 Å². The highest BCUT2D eigenvalue weighted by atomic mass is 32.1. The van der Waals surface area contributed by atoms with E-state index in [0.29, 0.717) is 12.0 Å². The van der Waals surface area contributed by atoms with Crippen molar-refractivity contribution in [3.8, 4) is 0 Å². The van der Waals surface area contributed by atoms with Gasteiger partial charge in [-0.3, -0.25) is 0 Å². The van der Waals surface area contributed by atoms with Crippen LogP contribution in [0, 0.1) is 11.3 Å². The van der Waals surface area contributed by atoms with Crippen LogP contribution < -0.4 is 10.6 Å². The van der Waals surface area contributed by atoms with Gasteiger partial charge in [0.25, 0.3) is 0 Å². The quantitative estimate of drug-likeness (QED) is 0.898. The van der Waals surface area contributed by atoms with Crippen molar-refractivity contribution in [2.24, 2.45) is 11.3 Å². The van der Waals surface area contributed by atoms with Crippen LogP contribution in [0.4, 0.5) is 4.79 Å². The number of fused-ring (bicyclic) bond motifs is 1. The largest absolute Gasteiger partial charge is 0.377 e. The average Bonchev–Trinajstić information content (AvgIpc) is 3.05. The van der Waals surface area contributed by atoms with Crippen LogP contribution in [0.5, 0.6) is 0 Å². The zero-order chi connectivity index (χ0) is 15.0. The molecule has 1 aliphatic carbocycles. The van der Waals surface area contributed by atoms with Crippen molar-refractivity contribution in [2.75, 3.05) is 6.61 Å². The lowest BCUT2D eigenvalue weighted by Gasteiger charge is -2.54. The third-order valence-corrected chi connectivity index (χ3v) is 5.62. The molecule has 116 valence electrons. The van der Waals surface area contributed by atoms with E-state index in [2.05, 4.69) is 41.3 Å². The molecule has 0 aromatic carbocycles. The summed E-state index contributed by atoms with van der Waals surface area (Å²) >= 11 is 1.69. The van der Waals surface area contributed by atoms with Gasteiger partial charge in [0.05, 0.1) is 6.10 Å². The number of nitrogens with one attached hydrogen (secondary N) is 2. The second-order valence-electron chi connectivity index (χ2n) is 6.90. The van der Waals surface area contributed by atoms with Gasteiger partial charge in [-0.25, -0.2) is 4.79 Å². The number of urea groups is 1. The maximum Gasteiger partial charge on any atom is 0.315 e. The summed E-state index contributed by atoms with van der Waals surface area (Å²) in [4.78, 5) is 12.2. The van der Waals surface area contributed by atoms with Crippen molar-refractivity contribution < 1.29 is 9.53 Å². The third-order valence-electron chi connectivity index (χ3n) is 4.89. The Kier molecular flexibility index (Phi) is 3.97. The second-order valence-corrected chi connectivity index (χ2v) is 7.68. The monoisotopic (exact) mass is 308 g/mol. The number of hydrogen-bond acceptors (Lipinski definition) is 3. The topological polar surface area (TPSA) is 50.4 Å². The minimum atomic E-state index is -0.0545. The van der Waals surface area contributed by atoms with Crippen molar-refractivity contribution in [1.82, 2.24) is 10.6 Å². The van der Waals surface area contributed by atoms with Gasteiger partial charge in [0.15, 0.2) is 0 Å². The van der Waals surface area contributed by atoms with E-state index < -0.39 is 0 Å². The van der Waals surface area contributed by atoms with Crippen LogP contribution >= 0.6 is 11.3 Å². The van der Waals surface area contributed by atoms with E-state index in [1.54, 1.807) is 11.3 Å². The molecule has 2 N–H and O–H groups in total. The zero-order valence-corrected chi connectivity index (χ0v) is 13.7. The van der Waals surface area contributed by atoms with Gasteiger partial charge >= 0.3 is 6.03 Å². The Hall–Kier alpha value is -1.07. The predicted octanol–water partition coefficient (Wildman–Crippen LogP) is 2.79. The molecule has 0 spiro atoms. The molecule has 4 nitrogen and oxygen atoms in total. The molecule has 1 aromatic rings. The number of amides is 2. The normalized spacial score (nSPS) is 31.1. The van der Waals surface area contributed by atoms with Crippen LogP contribution in [0.2, 0.25) is 0 Å². The van der Waals surface area contributed by atoms with Crippen LogP contribution in [-0.4, -0.2) is 30.8 Å². The molecular weight excluding hydrogens is 284 g/mol. The Bertz CT molecular complexity index is 500. The van der Waals surface area contributed by atoms with E-state index in [9.17, 15) is 4.79 Å². The molecule has 5 heteroatoms. The van der Waals surface area contributed by atoms with Gasteiger partial charge < -0.3 is 15.4 Å². The first-order chi connectivity index (χ1) is 9.98. The van der Waals surface area contributed by atoms with E-state index in [-0.39, 0.29) is 23.5 Å². The molecule has 1 aromatic heterocycles. The summed E-state index contributed by atoms with van der Waals surface area (Å²) in [5.41, 5.74) is 1.32. The van der Waals surface area contributed by atoms with E-state index in [1.165, 1.54) is 5.56 Å². The second kappa shape index (κ2) is 5.61. The van der Waals surface area contributed by atoms with Gasteiger partial charge in [0, 0.05) is 30.0 Å². The summed E-state index contributed by atoms with van der Waals surface area (Å²) < 4.78 is 5.76. The van der Waals surface area contributed by atoms with Gasteiger partial charge in [-0.1, -0.05) is 13.8 Å². The Balaban J connectivity index is 1.50. The number of carbonyl (C=O) groups is 1. The van der Waals surface area contributed by atoms with Crippen molar-refractivity contribution >= 4 is 17.4 Å². The van der Waals surface area contributed by atoms with E-state index >= 15 is 0 Å². The summed E-state index contributed by atoms with van der Waals surface area (Å²) in [6.07, 6.45) is 2.25. The molecule has 2 heterocycles. The van der Waals surface area contributed by atoms with Crippen LogP contribution in [0.3, 0.4) is 0 Å².